The second-order valence-corrected chi connectivity index (χ2v) is 10.1. The second-order valence-electron chi connectivity index (χ2n) is 7.91. The highest BCUT2D eigenvalue weighted by Gasteiger charge is 2.37. The first kappa shape index (κ1) is 26.6. The van der Waals surface area contributed by atoms with Crippen molar-refractivity contribution in [3.63, 3.8) is 0 Å². The van der Waals surface area contributed by atoms with Gasteiger partial charge in [0.25, 0.3) is 17.7 Å². The van der Waals surface area contributed by atoms with E-state index in [9.17, 15) is 19.2 Å². The van der Waals surface area contributed by atoms with Gasteiger partial charge in [-0.2, -0.15) is 0 Å². The van der Waals surface area contributed by atoms with Crippen molar-refractivity contribution in [1.82, 2.24) is 5.32 Å². The third-order valence-corrected chi connectivity index (χ3v) is 6.66. The fraction of sp³-hybridized carbons (Fsp3) is 0.0769. The van der Waals surface area contributed by atoms with E-state index in [1.54, 1.807) is 55.5 Å². The first-order chi connectivity index (χ1) is 17.6. The number of nitrogens with one attached hydrogen (secondary N) is 2. The van der Waals surface area contributed by atoms with Gasteiger partial charge in [0, 0.05) is 10.7 Å². The van der Waals surface area contributed by atoms with Crippen LogP contribution in [-0.4, -0.2) is 30.4 Å². The van der Waals surface area contributed by atoms with E-state index in [1.165, 1.54) is 12.1 Å². The van der Waals surface area contributed by atoms with Gasteiger partial charge in [-0.1, -0.05) is 35.9 Å². The minimum absolute atomic E-state index is 0.242. The van der Waals surface area contributed by atoms with Crippen LogP contribution in [0.3, 0.4) is 0 Å². The van der Waals surface area contributed by atoms with Crippen molar-refractivity contribution in [2.45, 2.75) is 6.92 Å². The van der Waals surface area contributed by atoms with Crippen molar-refractivity contribution in [1.29, 1.82) is 0 Å². The van der Waals surface area contributed by atoms with E-state index in [0.29, 0.717) is 36.5 Å². The molecule has 1 heterocycles. The third kappa shape index (κ3) is 6.10. The molecule has 5 amide bonds. The lowest BCUT2D eigenvalue weighted by molar-refractivity contribution is -0.122. The molecule has 11 heteroatoms. The first-order valence-corrected chi connectivity index (χ1v) is 12.7. The van der Waals surface area contributed by atoms with Crippen LogP contribution in [-0.2, 0) is 14.4 Å². The Morgan fingerprint density at radius 1 is 1.05 bits per heavy atom. The van der Waals surface area contributed by atoms with Crippen molar-refractivity contribution in [3.05, 3.63) is 91.3 Å². The van der Waals surface area contributed by atoms with Crippen molar-refractivity contribution >= 4 is 84.7 Å². The summed E-state index contributed by atoms with van der Waals surface area (Å²) in [6.45, 7) is 1.47. The number of carbonyl (C=O) groups excluding carboxylic acids is 4. The van der Waals surface area contributed by atoms with Crippen LogP contribution in [0.15, 0.2) is 75.2 Å². The maximum atomic E-state index is 13.2. The van der Waals surface area contributed by atoms with Crippen molar-refractivity contribution in [3.8, 4) is 5.75 Å². The molecule has 0 spiro atoms. The fourth-order valence-corrected chi connectivity index (χ4v) is 5.14. The maximum absolute atomic E-state index is 13.2. The van der Waals surface area contributed by atoms with Gasteiger partial charge in [-0.3, -0.25) is 19.7 Å². The van der Waals surface area contributed by atoms with E-state index in [2.05, 4.69) is 42.5 Å². The predicted octanol–water partition coefficient (Wildman–Crippen LogP) is 5.86. The Kier molecular flexibility index (Phi) is 8.11. The molecule has 3 aromatic carbocycles. The standard InChI is InChI=1S/C26H18Br2ClN3O5/c1-14-7-8-16(29)12-21(14)32-25(35)18(24(34)31-26(32)36)9-15-10-19(27)23(20(28)11-15)37-13-22(33)30-17-5-3-2-4-6-17/h2-12H,13H2,1H3,(H,30,33)(H,31,34,36)/b18-9+. The van der Waals surface area contributed by atoms with Crippen molar-refractivity contribution in [2.75, 3.05) is 16.8 Å². The smallest absolute Gasteiger partial charge is 0.335 e. The zero-order valence-corrected chi connectivity index (χ0v) is 23.1. The van der Waals surface area contributed by atoms with Gasteiger partial charge in [-0.05, 0) is 92.4 Å². The largest absolute Gasteiger partial charge is 0.481 e. The summed E-state index contributed by atoms with van der Waals surface area (Å²) in [4.78, 5) is 51.4. The lowest BCUT2D eigenvalue weighted by Gasteiger charge is -2.27. The zero-order chi connectivity index (χ0) is 26.7. The Bertz CT molecular complexity index is 1440. The number of hydrogen-bond acceptors (Lipinski definition) is 5. The Labute approximate surface area is 233 Å². The molecule has 188 valence electrons. The highest BCUT2D eigenvalue weighted by atomic mass is 79.9. The number of benzene rings is 3. The summed E-state index contributed by atoms with van der Waals surface area (Å²) >= 11 is 12.9. The number of aryl methyl sites for hydroxylation is 1. The van der Waals surface area contributed by atoms with Gasteiger partial charge in [0.05, 0.1) is 14.6 Å². The van der Waals surface area contributed by atoms with Gasteiger partial charge >= 0.3 is 6.03 Å². The van der Waals surface area contributed by atoms with Crippen LogP contribution in [0.1, 0.15) is 11.1 Å². The predicted molar refractivity (Wildman–Crippen MR) is 148 cm³/mol. The highest BCUT2D eigenvalue weighted by Crippen LogP contribution is 2.36. The Balaban J connectivity index is 1.56. The van der Waals surface area contributed by atoms with Crippen molar-refractivity contribution in [2.24, 2.45) is 0 Å². The lowest BCUT2D eigenvalue weighted by atomic mass is 10.1. The van der Waals surface area contributed by atoms with Crippen LogP contribution >= 0.6 is 43.5 Å². The monoisotopic (exact) mass is 645 g/mol. The average Bonchev–Trinajstić information content (AvgIpc) is 2.84. The molecule has 0 unspecified atom stereocenters. The molecule has 37 heavy (non-hydrogen) atoms. The molecule has 0 aliphatic carbocycles. The quantitative estimate of drug-likeness (QED) is 0.258. The van der Waals surface area contributed by atoms with Crippen LogP contribution in [0.25, 0.3) is 6.08 Å². The highest BCUT2D eigenvalue weighted by molar-refractivity contribution is 9.11. The summed E-state index contributed by atoms with van der Waals surface area (Å²) in [5, 5.41) is 5.26. The number of hydrogen-bond donors (Lipinski definition) is 2. The molecule has 0 bridgehead atoms. The van der Waals surface area contributed by atoms with Crippen LogP contribution < -0.4 is 20.3 Å². The number of nitrogens with zero attached hydrogens (tertiary/aromatic N) is 1. The molecule has 4 rings (SSSR count). The van der Waals surface area contributed by atoms with Crippen molar-refractivity contribution < 1.29 is 23.9 Å². The number of halogens is 3. The van der Waals surface area contributed by atoms with E-state index < -0.39 is 17.8 Å². The number of barbiturate groups is 1. The number of amides is 5. The van der Waals surface area contributed by atoms with Gasteiger partial charge in [-0.15, -0.1) is 0 Å². The molecule has 8 nitrogen and oxygen atoms in total. The molecule has 0 radical (unpaired) electrons. The van der Waals surface area contributed by atoms with Crippen LogP contribution in [0.4, 0.5) is 16.2 Å². The lowest BCUT2D eigenvalue weighted by Crippen LogP contribution is -2.54. The number of carbonyl (C=O) groups is 4. The fourth-order valence-electron chi connectivity index (χ4n) is 3.52. The van der Waals surface area contributed by atoms with Gasteiger partial charge < -0.3 is 10.1 Å². The summed E-state index contributed by atoms with van der Waals surface area (Å²) in [5.74, 6) is -1.60. The number of imide groups is 2. The molecule has 0 saturated carbocycles. The summed E-state index contributed by atoms with van der Waals surface area (Å²) < 4.78 is 6.62. The molecule has 1 saturated heterocycles. The summed E-state index contributed by atoms with van der Waals surface area (Å²) in [7, 11) is 0. The molecule has 0 atom stereocenters. The van der Waals surface area contributed by atoms with Crippen LogP contribution in [0.5, 0.6) is 5.75 Å². The number of urea groups is 1. The van der Waals surface area contributed by atoms with E-state index in [4.69, 9.17) is 16.3 Å². The molecule has 3 aromatic rings. The minimum Gasteiger partial charge on any atom is -0.481 e. The normalized spacial score (nSPS) is 14.5. The zero-order valence-electron chi connectivity index (χ0n) is 19.2. The molecule has 1 aliphatic rings. The van der Waals surface area contributed by atoms with Gasteiger partial charge in [0.1, 0.15) is 11.3 Å². The summed E-state index contributed by atoms with van der Waals surface area (Å²) in [6, 6.07) is 16.1. The first-order valence-electron chi connectivity index (χ1n) is 10.8. The van der Waals surface area contributed by atoms with E-state index in [-0.39, 0.29) is 23.8 Å². The number of para-hydroxylation sites is 1. The maximum Gasteiger partial charge on any atom is 0.335 e. The Hall–Kier alpha value is -3.47. The number of anilines is 2. The van der Waals surface area contributed by atoms with E-state index in [0.717, 1.165) is 4.90 Å². The van der Waals surface area contributed by atoms with Gasteiger partial charge in [-0.25, -0.2) is 9.69 Å². The molecule has 0 aromatic heterocycles. The van der Waals surface area contributed by atoms with Gasteiger partial charge in [0.2, 0.25) is 0 Å². The number of ether oxygens (including phenoxy) is 1. The molecule has 1 aliphatic heterocycles. The van der Waals surface area contributed by atoms with E-state index in [1.807, 2.05) is 6.07 Å². The molecule has 1 fully saturated rings. The Morgan fingerprint density at radius 3 is 2.41 bits per heavy atom. The molecule has 2 N–H and O–H groups in total. The average molecular weight is 648 g/mol. The van der Waals surface area contributed by atoms with E-state index >= 15 is 0 Å². The molecular weight excluding hydrogens is 630 g/mol. The second kappa shape index (κ2) is 11.3. The topological polar surface area (TPSA) is 105 Å². The third-order valence-electron chi connectivity index (χ3n) is 5.25. The molecular formula is C26H18Br2ClN3O5. The van der Waals surface area contributed by atoms with Gasteiger partial charge in [0.15, 0.2) is 6.61 Å². The Morgan fingerprint density at radius 2 is 1.73 bits per heavy atom. The number of rotatable bonds is 6. The van der Waals surface area contributed by atoms with Crippen LogP contribution in [0.2, 0.25) is 5.02 Å². The summed E-state index contributed by atoms with van der Waals surface area (Å²) in [5.41, 5.74) is 1.77. The minimum atomic E-state index is -0.864. The SMILES string of the molecule is Cc1ccc(Cl)cc1N1C(=O)NC(=O)/C(=C\c2cc(Br)c(OCC(=O)Nc3ccccc3)c(Br)c2)C1=O. The summed E-state index contributed by atoms with van der Waals surface area (Å²) in [6.07, 6.45) is 1.36. The van der Waals surface area contributed by atoms with Crippen LogP contribution in [0, 0.1) is 6.92 Å².